The first-order valence-electron chi connectivity index (χ1n) is 6.70. The highest BCUT2D eigenvalue weighted by molar-refractivity contribution is 5.93. The monoisotopic (exact) mass is 279 g/mol. The van der Waals surface area contributed by atoms with E-state index in [0.717, 1.165) is 31.8 Å². The van der Waals surface area contributed by atoms with Gasteiger partial charge in [0.15, 0.2) is 11.5 Å². The smallest absolute Gasteiger partial charge is 0.376 e. The normalized spacial score (nSPS) is 15.7. The molecule has 1 aromatic carbocycles. The molecule has 1 aliphatic carbocycles. The maximum absolute atomic E-state index is 12.0. The third-order valence-corrected chi connectivity index (χ3v) is 3.27. The number of carbonyl (C=O) groups excluding carboxylic acids is 1. The lowest BCUT2D eigenvalue weighted by atomic mass is 9.98. The van der Waals surface area contributed by atoms with Gasteiger partial charge < -0.3 is 9.47 Å². The fraction of sp³-hybridized carbons (Fsp3) is 0.467. The maximum Gasteiger partial charge on any atom is 0.376 e. The molecule has 1 aromatic rings. The lowest BCUT2D eigenvalue weighted by molar-refractivity contribution is -0.239. The summed E-state index contributed by atoms with van der Waals surface area (Å²) in [5.41, 5.74) is 0.281. The van der Waals surface area contributed by atoms with Gasteiger partial charge in [-0.2, -0.15) is 4.89 Å². The number of para-hydroxylation sites is 1. The van der Waals surface area contributed by atoms with Gasteiger partial charge in [0.2, 0.25) is 0 Å². The van der Waals surface area contributed by atoms with E-state index in [1.165, 1.54) is 20.6 Å². The molecule has 0 amide bonds. The molecular formula is C15H19O5. The Bertz CT molecular complexity index is 452. The summed E-state index contributed by atoms with van der Waals surface area (Å²) >= 11 is 0. The van der Waals surface area contributed by atoms with Crippen molar-refractivity contribution in [3.63, 3.8) is 0 Å². The minimum absolute atomic E-state index is 0.281. The van der Waals surface area contributed by atoms with Crippen molar-refractivity contribution in [2.45, 2.75) is 32.1 Å². The molecule has 5 heteroatoms. The number of methoxy groups -OCH3 is 2. The molecule has 0 bridgehead atoms. The molecule has 0 saturated heterocycles. The van der Waals surface area contributed by atoms with Crippen molar-refractivity contribution < 1.29 is 24.0 Å². The molecule has 0 spiro atoms. The molecule has 1 aliphatic rings. The van der Waals surface area contributed by atoms with Gasteiger partial charge in [0.05, 0.1) is 14.2 Å². The quantitative estimate of drug-likeness (QED) is 0.611. The van der Waals surface area contributed by atoms with Crippen molar-refractivity contribution in [1.82, 2.24) is 0 Å². The van der Waals surface area contributed by atoms with Gasteiger partial charge in [0, 0.05) is 0 Å². The first-order valence-corrected chi connectivity index (χ1v) is 6.70. The van der Waals surface area contributed by atoms with Crippen molar-refractivity contribution in [3.8, 4) is 11.5 Å². The fourth-order valence-electron chi connectivity index (χ4n) is 2.22. The molecule has 5 nitrogen and oxygen atoms in total. The standard InChI is InChI=1S/C15H19O5/c1-17-13-10-6-9-12(14(13)18-2)15(16)20-19-11-7-4-3-5-8-11/h6,9-10H,3-5,7-8H2,1-2H3. The van der Waals surface area contributed by atoms with Crippen LogP contribution in [0.15, 0.2) is 18.2 Å². The Morgan fingerprint density at radius 3 is 2.45 bits per heavy atom. The van der Waals surface area contributed by atoms with Crippen LogP contribution in [0.2, 0.25) is 0 Å². The third-order valence-electron chi connectivity index (χ3n) is 3.27. The highest BCUT2D eigenvalue weighted by Gasteiger charge is 2.22. The first-order chi connectivity index (χ1) is 9.76. The average Bonchev–Trinajstić information content (AvgIpc) is 2.52. The van der Waals surface area contributed by atoms with Gasteiger partial charge in [-0.1, -0.05) is 25.3 Å². The van der Waals surface area contributed by atoms with Gasteiger partial charge in [-0.3, -0.25) is 4.89 Å². The molecule has 0 aliphatic heterocycles. The Morgan fingerprint density at radius 1 is 1.05 bits per heavy atom. The number of carbonyl (C=O) groups is 1. The second-order valence-electron chi connectivity index (χ2n) is 4.59. The van der Waals surface area contributed by atoms with E-state index in [2.05, 4.69) is 0 Å². The van der Waals surface area contributed by atoms with Crippen LogP contribution in [0.3, 0.4) is 0 Å². The van der Waals surface area contributed by atoms with Crippen LogP contribution in [0.5, 0.6) is 11.5 Å². The van der Waals surface area contributed by atoms with Crippen LogP contribution in [-0.4, -0.2) is 20.2 Å². The summed E-state index contributed by atoms with van der Waals surface area (Å²) in [5.74, 6) is 0.239. The predicted octanol–water partition coefficient (Wildman–Crippen LogP) is 3.29. The van der Waals surface area contributed by atoms with Crippen LogP contribution in [0.25, 0.3) is 0 Å². The average molecular weight is 279 g/mol. The number of rotatable bonds is 5. The zero-order valence-electron chi connectivity index (χ0n) is 11.8. The van der Waals surface area contributed by atoms with E-state index < -0.39 is 5.97 Å². The van der Waals surface area contributed by atoms with Gasteiger partial charge in [0.25, 0.3) is 0 Å². The van der Waals surface area contributed by atoms with Crippen molar-refractivity contribution in [2.24, 2.45) is 0 Å². The second kappa shape index (κ2) is 7.14. The molecule has 2 rings (SSSR count). The lowest BCUT2D eigenvalue weighted by Gasteiger charge is -2.19. The van der Waals surface area contributed by atoms with E-state index in [1.54, 1.807) is 18.2 Å². The van der Waals surface area contributed by atoms with E-state index in [9.17, 15) is 4.79 Å². The minimum Gasteiger partial charge on any atom is -0.493 e. The van der Waals surface area contributed by atoms with E-state index in [4.69, 9.17) is 19.2 Å². The molecule has 1 radical (unpaired) electrons. The third kappa shape index (κ3) is 3.42. The predicted molar refractivity (Wildman–Crippen MR) is 72.4 cm³/mol. The van der Waals surface area contributed by atoms with Crippen molar-refractivity contribution in [3.05, 3.63) is 29.9 Å². The van der Waals surface area contributed by atoms with Crippen molar-refractivity contribution in [1.29, 1.82) is 0 Å². The molecule has 20 heavy (non-hydrogen) atoms. The number of benzene rings is 1. The number of hydrogen-bond acceptors (Lipinski definition) is 5. The first kappa shape index (κ1) is 14.7. The van der Waals surface area contributed by atoms with Crippen molar-refractivity contribution >= 4 is 5.97 Å². The molecule has 0 heterocycles. The van der Waals surface area contributed by atoms with Gasteiger partial charge >= 0.3 is 5.97 Å². The number of ether oxygens (including phenoxy) is 2. The van der Waals surface area contributed by atoms with Gasteiger partial charge in [-0.15, -0.1) is 0 Å². The molecule has 0 unspecified atom stereocenters. The van der Waals surface area contributed by atoms with E-state index in [1.807, 2.05) is 0 Å². The highest BCUT2D eigenvalue weighted by Crippen LogP contribution is 2.32. The number of hydrogen-bond donors (Lipinski definition) is 0. The minimum atomic E-state index is -0.584. The lowest BCUT2D eigenvalue weighted by Crippen LogP contribution is -2.13. The maximum atomic E-state index is 12.0. The Labute approximate surface area is 118 Å². The highest BCUT2D eigenvalue weighted by atomic mass is 17.2. The second-order valence-corrected chi connectivity index (χ2v) is 4.59. The zero-order chi connectivity index (χ0) is 14.4. The summed E-state index contributed by atoms with van der Waals surface area (Å²) in [6, 6.07) is 5.02. The largest absolute Gasteiger partial charge is 0.493 e. The Hall–Kier alpha value is -1.75. The molecule has 1 saturated carbocycles. The summed E-state index contributed by atoms with van der Waals surface area (Å²) in [6.07, 6.45) is 5.88. The Balaban J connectivity index is 2.01. The summed E-state index contributed by atoms with van der Waals surface area (Å²) in [6.45, 7) is 0. The Morgan fingerprint density at radius 2 is 1.80 bits per heavy atom. The van der Waals surface area contributed by atoms with E-state index >= 15 is 0 Å². The molecule has 1 fully saturated rings. The summed E-state index contributed by atoms with van der Waals surface area (Å²) in [7, 11) is 2.99. The van der Waals surface area contributed by atoms with Crippen LogP contribution in [-0.2, 0) is 9.78 Å². The molecule has 0 aromatic heterocycles. The molecular weight excluding hydrogens is 260 g/mol. The van der Waals surface area contributed by atoms with Crippen LogP contribution >= 0.6 is 0 Å². The van der Waals surface area contributed by atoms with Gasteiger partial charge in [-0.25, -0.2) is 4.79 Å². The van der Waals surface area contributed by atoms with E-state index in [-0.39, 0.29) is 5.56 Å². The van der Waals surface area contributed by atoms with Crippen LogP contribution < -0.4 is 9.47 Å². The van der Waals surface area contributed by atoms with E-state index in [0.29, 0.717) is 11.5 Å². The molecule has 109 valence electrons. The zero-order valence-corrected chi connectivity index (χ0v) is 11.8. The van der Waals surface area contributed by atoms with Gasteiger partial charge in [-0.05, 0) is 25.0 Å². The summed E-state index contributed by atoms with van der Waals surface area (Å²) in [5, 5.41) is 0. The SMILES string of the molecule is COc1cccc(C(=O)OO[C]2CCCCC2)c1OC. The fourth-order valence-corrected chi connectivity index (χ4v) is 2.22. The molecule has 0 N–H and O–H groups in total. The summed E-state index contributed by atoms with van der Waals surface area (Å²) in [4.78, 5) is 22.1. The topological polar surface area (TPSA) is 54.0 Å². The van der Waals surface area contributed by atoms with Crippen LogP contribution in [0.1, 0.15) is 42.5 Å². The summed E-state index contributed by atoms with van der Waals surface area (Å²) < 4.78 is 10.3. The van der Waals surface area contributed by atoms with Gasteiger partial charge in [0.1, 0.15) is 11.7 Å². The Kier molecular flexibility index (Phi) is 5.24. The molecule has 0 atom stereocenters. The van der Waals surface area contributed by atoms with Crippen LogP contribution in [0.4, 0.5) is 0 Å². The van der Waals surface area contributed by atoms with Crippen molar-refractivity contribution in [2.75, 3.05) is 14.2 Å². The van der Waals surface area contributed by atoms with Crippen LogP contribution in [0, 0.1) is 6.10 Å².